The molecule has 0 atom stereocenters. The van der Waals surface area contributed by atoms with Gasteiger partial charge in [-0.15, -0.1) is 0 Å². The molecular weight excluding hydrogens is 210 g/mol. The van der Waals surface area contributed by atoms with Crippen molar-refractivity contribution in [2.45, 2.75) is 25.9 Å². The molecule has 0 bridgehead atoms. The first-order valence-electron chi connectivity index (χ1n) is 4.99. The van der Waals surface area contributed by atoms with Crippen molar-refractivity contribution in [3.63, 3.8) is 0 Å². The maximum absolute atomic E-state index is 10.8. The van der Waals surface area contributed by atoms with Gasteiger partial charge in [-0.1, -0.05) is 6.07 Å². The molecule has 0 heterocycles. The van der Waals surface area contributed by atoms with E-state index in [9.17, 15) is 14.9 Å². The second kappa shape index (κ2) is 3.92. The normalized spacial score (nSPS) is 15.7. The number of rotatable bonds is 3. The van der Waals surface area contributed by atoms with Gasteiger partial charge in [0.05, 0.1) is 4.92 Å². The van der Waals surface area contributed by atoms with Crippen molar-refractivity contribution >= 4 is 11.5 Å². The highest BCUT2D eigenvalue weighted by atomic mass is 16.6. The Hall–Kier alpha value is -1.91. The third-order valence-electron chi connectivity index (χ3n) is 2.52. The van der Waals surface area contributed by atoms with Gasteiger partial charge in [-0.05, 0) is 18.6 Å². The summed E-state index contributed by atoms with van der Waals surface area (Å²) in [6, 6.07) is 4.80. The maximum Gasteiger partial charge on any atom is 0.311 e. The Morgan fingerprint density at radius 1 is 1.44 bits per heavy atom. The van der Waals surface area contributed by atoms with Gasteiger partial charge < -0.3 is 4.74 Å². The van der Waals surface area contributed by atoms with E-state index in [4.69, 9.17) is 4.74 Å². The Kier molecular flexibility index (Phi) is 2.60. The summed E-state index contributed by atoms with van der Waals surface area (Å²) in [6.07, 6.45) is 0.504. The Labute approximate surface area is 92.2 Å². The number of nitrogens with zero attached hydrogens (tertiary/aromatic N) is 1. The predicted molar refractivity (Wildman–Crippen MR) is 56.5 cm³/mol. The predicted octanol–water partition coefficient (Wildman–Crippen LogP) is 2.01. The lowest BCUT2D eigenvalue weighted by Crippen LogP contribution is -2.33. The van der Waals surface area contributed by atoms with Crippen molar-refractivity contribution in [1.82, 2.24) is 0 Å². The van der Waals surface area contributed by atoms with Crippen LogP contribution >= 0.6 is 0 Å². The molecule has 1 aromatic carbocycles. The maximum atomic E-state index is 10.8. The summed E-state index contributed by atoms with van der Waals surface area (Å²) in [4.78, 5) is 21.1. The number of benzene rings is 1. The fourth-order valence-corrected chi connectivity index (χ4v) is 1.58. The molecule has 1 aliphatic carbocycles. The number of nitro groups is 1. The highest BCUT2D eigenvalue weighted by Crippen LogP contribution is 2.31. The molecule has 1 fully saturated rings. The highest BCUT2D eigenvalue weighted by Gasteiger charge is 2.30. The second-order valence-electron chi connectivity index (χ2n) is 3.92. The standard InChI is InChI=1S/C11H11NO4/c1-7-2-3-11(10(4-7)12(14)15)16-9-5-8(13)6-9/h2-4,9H,5-6H2,1H3. The van der Waals surface area contributed by atoms with E-state index in [1.54, 1.807) is 19.1 Å². The van der Waals surface area contributed by atoms with Crippen LogP contribution in [0.25, 0.3) is 0 Å². The van der Waals surface area contributed by atoms with Gasteiger partial charge in [-0.2, -0.15) is 0 Å². The summed E-state index contributed by atoms with van der Waals surface area (Å²) in [5, 5.41) is 10.8. The van der Waals surface area contributed by atoms with E-state index in [0.717, 1.165) is 5.56 Å². The van der Waals surface area contributed by atoms with E-state index in [1.807, 2.05) is 0 Å². The van der Waals surface area contributed by atoms with E-state index in [1.165, 1.54) is 6.07 Å². The zero-order chi connectivity index (χ0) is 11.7. The molecule has 84 valence electrons. The fraction of sp³-hybridized carbons (Fsp3) is 0.364. The number of Topliss-reactive ketones (excluding diaryl/α,β-unsaturated/α-hetero) is 1. The molecule has 1 aliphatic rings. The summed E-state index contributed by atoms with van der Waals surface area (Å²) in [7, 11) is 0. The van der Waals surface area contributed by atoms with Gasteiger partial charge in [0.1, 0.15) is 11.9 Å². The first-order chi connectivity index (χ1) is 7.56. The molecule has 0 unspecified atom stereocenters. The van der Waals surface area contributed by atoms with Gasteiger partial charge in [0.15, 0.2) is 5.75 Å². The molecule has 1 saturated carbocycles. The minimum absolute atomic E-state index is 0.0423. The number of ether oxygens (including phenoxy) is 1. The summed E-state index contributed by atoms with van der Waals surface area (Å²) in [5.74, 6) is 0.382. The van der Waals surface area contributed by atoms with E-state index < -0.39 is 4.92 Å². The largest absolute Gasteiger partial charge is 0.483 e. The Balaban J connectivity index is 2.19. The molecule has 0 saturated heterocycles. The molecule has 0 aliphatic heterocycles. The van der Waals surface area contributed by atoms with Gasteiger partial charge in [0.25, 0.3) is 0 Å². The molecule has 1 aromatic rings. The number of aryl methyl sites for hydroxylation is 1. The first-order valence-corrected chi connectivity index (χ1v) is 4.99. The van der Waals surface area contributed by atoms with E-state index in [2.05, 4.69) is 0 Å². The average molecular weight is 221 g/mol. The van der Waals surface area contributed by atoms with Gasteiger partial charge in [-0.3, -0.25) is 14.9 Å². The minimum atomic E-state index is -0.469. The number of carbonyl (C=O) groups is 1. The monoisotopic (exact) mass is 221 g/mol. The molecule has 0 amide bonds. The molecule has 0 N–H and O–H groups in total. The van der Waals surface area contributed by atoms with Gasteiger partial charge in [-0.25, -0.2) is 0 Å². The summed E-state index contributed by atoms with van der Waals surface area (Å²) < 4.78 is 5.41. The summed E-state index contributed by atoms with van der Waals surface area (Å²) in [6.45, 7) is 1.78. The van der Waals surface area contributed by atoms with E-state index in [-0.39, 0.29) is 23.3 Å². The fourth-order valence-electron chi connectivity index (χ4n) is 1.58. The lowest BCUT2D eigenvalue weighted by Gasteiger charge is -2.24. The van der Waals surface area contributed by atoms with Crippen LogP contribution in [-0.2, 0) is 4.79 Å². The number of ketones is 1. The minimum Gasteiger partial charge on any atom is -0.483 e. The van der Waals surface area contributed by atoms with Crippen molar-refractivity contribution in [3.8, 4) is 5.75 Å². The number of hydrogen-bond donors (Lipinski definition) is 0. The molecular formula is C11H11NO4. The molecule has 5 nitrogen and oxygen atoms in total. The van der Waals surface area contributed by atoms with Crippen LogP contribution in [0, 0.1) is 17.0 Å². The van der Waals surface area contributed by atoms with Crippen LogP contribution in [0.15, 0.2) is 18.2 Å². The van der Waals surface area contributed by atoms with Crippen LogP contribution in [0.4, 0.5) is 5.69 Å². The summed E-state index contributed by atoms with van der Waals surface area (Å²) >= 11 is 0. The number of nitro benzene ring substituents is 1. The van der Waals surface area contributed by atoms with E-state index in [0.29, 0.717) is 12.8 Å². The molecule has 0 radical (unpaired) electrons. The van der Waals surface area contributed by atoms with Crippen LogP contribution in [0.3, 0.4) is 0 Å². The SMILES string of the molecule is Cc1ccc(OC2CC(=O)C2)c([N+](=O)[O-])c1. The third kappa shape index (κ3) is 2.03. The molecule has 0 aromatic heterocycles. The van der Waals surface area contributed by atoms with Crippen LogP contribution in [-0.4, -0.2) is 16.8 Å². The van der Waals surface area contributed by atoms with Crippen molar-refractivity contribution in [1.29, 1.82) is 0 Å². The van der Waals surface area contributed by atoms with Crippen LogP contribution in [0.1, 0.15) is 18.4 Å². The molecule has 2 rings (SSSR count). The van der Waals surface area contributed by atoms with Crippen molar-refractivity contribution in [2.75, 3.05) is 0 Å². The number of carbonyl (C=O) groups excluding carboxylic acids is 1. The highest BCUT2D eigenvalue weighted by molar-refractivity contribution is 5.85. The molecule has 16 heavy (non-hydrogen) atoms. The Morgan fingerprint density at radius 2 is 2.12 bits per heavy atom. The zero-order valence-electron chi connectivity index (χ0n) is 8.80. The topological polar surface area (TPSA) is 69.4 Å². The van der Waals surface area contributed by atoms with Crippen molar-refractivity contribution in [2.24, 2.45) is 0 Å². The van der Waals surface area contributed by atoms with Gasteiger partial charge in [0, 0.05) is 18.9 Å². The quantitative estimate of drug-likeness (QED) is 0.578. The van der Waals surface area contributed by atoms with Crippen LogP contribution < -0.4 is 4.74 Å². The Morgan fingerprint density at radius 3 is 2.69 bits per heavy atom. The number of hydrogen-bond acceptors (Lipinski definition) is 4. The van der Waals surface area contributed by atoms with Gasteiger partial charge in [0.2, 0.25) is 0 Å². The smallest absolute Gasteiger partial charge is 0.311 e. The zero-order valence-corrected chi connectivity index (χ0v) is 8.80. The van der Waals surface area contributed by atoms with Crippen LogP contribution in [0.5, 0.6) is 5.75 Å². The Bertz CT molecular complexity index is 447. The molecule has 5 heteroatoms. The van der Waals surface area contributed by atoms with Crippen molar-refractivity contribution in [3.05, 3.63) is 33.9 Å². The molecule has 0 spiro atoms. The van der Waals surface area contributed by atoms with Crippen molar-refractivity contribution < 1.29 is 14.5 Å². The van der Waals surface area contributed by atoms with Gasteiger partial charge >= 0.3 is 5.69 Å². The second-order valence-corrected chi connectivity index (χ2v) is 3.92. The lowest BCUT2D eigenvalue weighted by molar-refractivity contribution is -0.386. The van der Waals surface area contributed by atoms with E-state index >= 15 is 0 Å². The van der Waals surface area contributed by atoms with Crippen LogP contribution in [0.2, 0.25) is 0 Å². The third-order valence-corrected chi connectivity index (χ3v) is 2.52. The first kappa shape index (κ1) is 10.6. The summed E-state index contributed by atoms with van der Waals surface area (Å²) in [5.41, 5.74) is 0.767. The lowest BCUT2D eigenvalue weighted by atomic mass is 9.94. The average Bonchev–Trinajstić information content (AvgIpc) is 2.17.